The smallest absolute Gasteiger partial charge is 0.254 e. The van der Waals surface area contributed by atoms with Crippen LogP contribution in [0.25, 0.3) is 0 Å². The molecule has 0 unspecified atom stereocenters. The fourth-order valence-electron chi connectivity index (χ4n) is 2.60. The van der Waals surface area contributed by atoms with Crippen molar-refractivity contribution in [2.24, 2.45) is 0 Å². The molecule has 0 atom stereocenters. The molecule has 3 rings (SSSR count). The molecular formula is C20H20N2OS. The van der Waals surface area contributed by atoms with Crippen molar-refractivity contribution in [2.75, 3.05) is 6.54 Å². The molecule has 0 saturated carbocycles. The van der Waals surface area contributed by atoms with Gasteiger partial charge in [0.05, 0.1) is 6.54 Å². The maximum Gasteiger partial charge on any atom is 0.254 e. The van der Waals surface area contributed by atoms with Gasteiger partial charge < -0.3 is 4.90 Å². The molecule has 1 amide bonds. The Balaban J connectivity index is 1.76. The van der Waals surface area contributed by atoms with E-state index >= 15 is 0 Å². The van der Waals surface area contributed by atoms with Gasteiger partial charge in [-0.1, -0.05) is 30.3 Å². The second-order valence-corrected chi connectivity index (χ2v) is 7.08. The van der Waals surface area contributed by atoms with Gasteiger partial charge in [-0.25, -0.2) is 0 Å². The van der Waals surface area contributed by atoms with Crippen molar-refractivity contribution >= 4 is 17.2 Å². The number of carbonyl (C=O) groups is 1. The van der Waals surface area contributed by atoms with Crippen LogP contribution in [0.4, 0.5) is 0 Å². The van der Waals surface area contributed by atoms with E-state index in [-0.39, 0.29) is 5.91 Å². The van der Waals surface area contributed by atoms with Gasteiger partial charge in [-0.15, -0.1) is 11.3 Å². The molecule has 3 aromatic rings. The summed E-state index contributed by atoms with van der Waals surface area (Å²) in [5, 5.41) is 0. The molecule has 24 heavy (non-hydrogen) atoms. The van der Waals surface area contributed by atoms with Crippen LogP contribution in [0.1, 0.15) is 25.7 Å². The first kappa shape index (κ1) is 16.4. The summed E-state index contributed by atoms with van der Waals surface area (Å²) in [7, 11) is 0. The maximum atomic E-state index is 12.9. The van der Waals surface area contributed by atoms with E-state index in [1.165, 1.54) is 15.3 Å². The first-order valence-corrected chi connectivity index (χ1v) is 8.82. The lowest BCUT2D eigenvalue weighted by atomic mass is 10.1. The fraction of sp³-hybridized carbons (Fsp3) is 0.200. The number of rotatable bonds is 6. The van der Waals surface area contributed by atoms with Crippen molar-refractivity contribution in [1.29, 1.82) is 0 Å². The van der Waals surface area contributed by atoms with Crippen molar-refractivity contribution in [2.45, 2.75) is 19.9 Å². The van der Waals surface area contributed by atoms with Gasteiger partial charge in [0.15, 0.2) is 0 Å². The summed E-state index contributed by atoms with van der Waals surface area (Å²) in [6.07, 6.45) is 4.18. The molecule has 122 valence electrons. The van der Waals surface area contributed by atoms with Gasteiger partial charge in [-0.3, -0.25) is 9.78 Å². The molecule has 0 aliphatic carbocycles. The number of benzene rings is 1. The summed E-state index contributed by atoms with van der Waals surface area (Å²) in [6, 6.07) is 18.0. The van der Waals surface area contributed by atoms with Crippen LogP contribution in [0, 0.1) is 6.92 Å². The van der Waals surface area contributed by atoms with E-state index in [1.54, 1.807) is 35.9 Å². The molecule has 0 bridgehead atoms. The summed E-state index contributed by atoms with van der Waals surface area (Å²) < 4.78 is 0. The largest absolute Gasteiger partial charge is 0.333 e. The topological polar surface area (TPSA) is 33.2 Å². The lowest BCUT2D eigenvalue weighted by Crippen LogP contribution is -2.32. The Labute approximate surface area is 146 Å². The van der Waals surface area contributed by atoms with Crippen LogP contribution in [-0.2, 0) is 13.0 Å². The predicted molar refractivity (Wildman–Crippen MR) is 98.2 cm³/mol. The van der Waals surface area contributed by atoms with Gasteiger partial charge in [0.25, 0.3) is 5.91 Å². The van der Waals surface area contributed by atoms with Crippen molar-refractivity contribution in [3.63, 3.8) is 0 Å². The Hall–Kier alpha value is -2.46. The second kappa shape index (κ2) is 7.88. The van der Waals surface area contributed by atoms with Gasteiger partial charge in [0.1, 0.15) is 0 Å². The summed E-state index contributed by atoms with van der Waals surface area (Å²) in [6.45, 7) is 3.43. The number of thiophene rings is 1. The van der Waals surface area contributed by atoms with E-state index in [0.29, 0.717) is 18.7 Å². The number of aryl methyl sites for hydroxylation is 1. The lowest BCUT2D eigenvalue weighted by Gasteiger charge is -2.22. The lowest BCUT2D eigenvalue weighted by molar-refractivity contribution is 0.0746. The van der Waals surface area contributed by atoms with Crippen molar-refractivity contribution in [1.82, 2.24) is 9.88 Å². The molecule has 2 aromatic heterocycles. The van der Waals surface area contributed by atoms with Gasteiger partial charge in [-0.2, -0.15) is 0 Å². The zero-order valence-electron chi connectivity index (χ0n) is 13.7. The molecule has 2 heterocycles. The molecule has 3 nitrogen and oxygen atoms in total. The van der Waals surface area contributed by atoms with Crippen LogP contribution in [0.3, 0.4) is 0 Å². The number of pyridine rings is 1. The first-order valence-electron chi connectivity index (χ1n) is 8.01. The third kappa shape index (κ3) is 4.30. The number of nitrogens with zero attached hydrogens (tertiary/aromatic N) is 2. The molecule has 0 radical (unpaired) electrons. The highest BCUT2D eigenvalue weighted by Gasteiger charge is 2.16. The molecule has 0 N–H and O–H groups in total. The van der Waals surface area contributed by atoms with Crippen molar-refractivity contribution in [3.8, 4) is 0 Å². The summed E-state index contributed by atoms with van der Waals surface area (Å²) in [5.41, 5.74) is 1.93. The highest BCUT2D eigenvalue weighted by molar-refractivity contribution is 7.11. The van der Waals surface area contributed by atoms with Crippen molar-refractivity contribution < 1.29 is 4.79 Å². The third-order valence-corrected chi connectivity index (χ3v) is 4.86. The molecule has 0 spiro atoms. The fourth-order valence-corrected chi connectivity index (χ4v) is 3.50. The number of amides is 1. The Morgan fingerprint density at radius 1 is 1.04 bits per heavy atom. The maximum absolute atomic E-state index is 12.9. The molecule has 0 saturated heterocycles. The average molecular weight is 336 g/mol. The summed E-state index contributed by atoms with van der Waals surface area (Å²) in [4.78, 5) is 21.3. The zero-order valence-corrected chi connectivity index (χ0v) is 14.5. The van der Waals surface area contributed by atoms with Crippen LogP contribution in [-0.4, -0.2) is 22.3 Å². The summed E-state index contributed by atoms with van der Waals surface area (Å²) in [5.74, 6) is 0.0550. The van der Waals surface area contributed by atoms with E-state index in [0.717, 1.165) is 6.42 Å². The minimum absolute atomic E-state index is 0.0550. The standard InChI is InChI=1S/C20H20N2OS/c1-16-7-8-19(24-16)15-22(14-11-17-5-3-2-4-6-17)20(23)18-9-12-21-13-10-18/h2-10,12-13H,11,14-15H2,1H3. The van der Waals surface area contributed by atoms with Gasteiger partial charge in [0, 0.05) is 34.3 Å². The Morgan fingerprint density at radius 2 is 1.79 bits per heavy atom. The minimum Gasteiger partial charge on any atom is -0.333 e. The number of carbonyl (C=O) groups excluding carboxylic acids is 1. The first-order chi connectivity index (χ1) is 11.7. The average Bonchev–Trinajstić information content (AvgIpc) is 3.04. The normalized spacial score (nSPS) is 10.5. The molecule has 0 aliphatic heterocycles. The minimum atomic E-state index is 0.0550. The summed E-state index contributed by atoms with van der Waals surface area (Å²) >= 11 is 1.74. The van der Waals surface area contributed by atoms with Gasteiger partial charge in [0.2, 0.25) is 0 Å². The van der Waals surface area contributed by atoms with E-state index in [1.807, 2.05) is 23.1 Å². The van der Waals surface area contributed by atoms with E-state index < -0.39 is 0 Å². The van der Waals surface area contributed by atoms with Crippen LogP contribution < -0.4 is 0 Å². The highest BCUT2D eigenvalue weighted by Crippen LogP contribution is 2.19. The van der Waals surface area contributed by atoms with E-state index in [4.69, 9.17) is 0 Å². The molecule has 1 aromatic carbocycles. The third-order valence-electron chi connectivity index (χ3n) is 3.87. The monoisotopic (exact) mass is 336 g/mol. The van der Waals surface area contributed by atoms with Crippen molar-refractivity contribution in [3.05, 3.63) is 87.9 Å². The SMILES string of the molecule is Cc1ccc(CN(CCc2ccccc2)C(=O)c2ccncc2)s1. The van der Waals surface area contributed by atoms with Gasteiger partial charge in [-0.05, 0) is 43.2 Å². The van der Waals surface area contributed by atoms with E-state index in [2.05, 4.69) is 36.2 Å². The Bertz CT molecular complexity index is 784. The molecule has 4 heteroatoms. The quantitative estimate of drug-likeness (QED) is 0.671. The predicted octanol–water partition coefficient (Wildman–Crippen LogP) is 4.34. The van der Waals surface area contributed by atoms with Crippen LogP contribution in [0.5, 0.6) is 0 Å². The number of hydrogen-bond acceptors (Lipinski definition) is 3. The molecule has 0 fully saturated rings. The molecular weight excluding hydrogens is 316 g/mol. The Kier molecular flexibility index (Phi) is 5.39. The van der Waals surface area contributed by atoms with Crippen LogP contribution in [0.2, 0.25) is 0 Å². The highest BCUT2D eigenvalue weighted by atomic mass is 32.1. The number of aromatic nitrogens is 1. The van der Waals surface area contributed by atoms with E-state index in [9.17, 15) is 4.79 Å². The molecule has 0 aliphatic rings. The van der Waals surface area contributed by atoms with Gasteiger partial charge >= 0.3 is 0 Å². The number of hydrogen-bond donors (Lipinski definition) is 0. The van der Waals surface area contributed by atoms with Crippen LogP contribution in [0.15, 0.2) is 67.0 Å². The zero-order chi connectivity index (χ0) is 16.8. The second-order valence-electron chi connectivity index (χ2n) is 5.71. The van der Waals surface area contributed by atoms with Crippen LogP contribution >= 0.6 is 11.3 Å². The Morgan fingerprint density at radius 3 is 2.46 bits per heavy atom.